The van der Waals surface area contributed by atoms with Crippen LogP contribution >= 0.6 is 0 Å². The summed E-state index contributed by atoms with van der Waals surface area (Å²) in [6.07, 6.45) is 0. The third-order valence-corrected chi connectivity index (χ3v) is 3.73. The van der Waals surface area contributed by atoms with E-state index >= 15 is 0 Å². The summed E-state index contributed by atoms with van der Waals surface area (Å²) in [6.45, 7) is 7.73. The zero-order valence-electron chi connectivity index (χ0n) is 12.2. The molecule has 0 aliphatic carbocycles. The first-order chi connectivity index (χ1) is 8.94. The van der Waals surface area contributed by atoms with Gasteiger partial charge in [-0.1, -0.05) is 29.8 Å². The Morgan fingerprint density at radius 2 is 2.00 bits per heavy atom. The lowest BCUT2D eigenvalue weighted by Gasteiger charge is -2.34. The maximum Gasteiger partial charge on any atom is 0.318 e. The van der Waals surface area contributed by atoms with Gasteiger partial charge in [0.25, 0.3) is 0 Å². The summed E-state index contributed by atoms with van der Waals surface area (Å²) in [5, 5.41) is 6.21. The number of carbonyl (C=O) groups excluding carboxylic acids is 1. The average molecular weight is 261 g/mol. The van der Waals surface area contributed by atoms with Gasteiger partial charge in [0, 0.05) is 13.1 Å². The van der Waals surface area contributed by atoms with E-state index in [2.05, 4.69) is 55.7 Å². The number of benzene rings is 1. The monoisotopic (exact) mass is 261 g/mol. The zero-order valence-corrected chi connectivity index (χ0v) is 12.2. The number of hydrogen-bond acceptors (Lipinski definition) is 2. The SMILES string of the molecule is CNCC(C)(C)N1CC(c2ccc(C)cc2)NC1=O. The van der Waals surface area contributed by atoms with Crippen LogP contribution < -0.4 is 10.6 Å². The Morgan fingerprint density at radius 3 is 2.58 bits per heavy atom. The molecule has 2 amide bonds. The third-order valence-electron chi connectivity index (χ3n) is 3.73. The molecule has 1 atom stereocenters. The van der Waals surface area contributed by atoms with E-state index in [4.69, 9.17) is 0 Å². The number of aryl methyl sites for hydroxylation is 1. The predicted octanol–water partition coefficient (Wildman–Crippen LogP) is 2.06. The highest BCUT2D eigenvalue weighted by Gasteiger charge is 2.38. The van der Waals surface area contributed by atoms with E-state index in [0.717, 1.165) is 13.1 Å². The van der Waals surface area contributed by atoms with Gasteiger partial charge in [0.1, 0.15) is 0 Å². The van der Waals surface area contributed by atoms with Crippen LogP contribution in [0.2, 0.25) is 0 Å². The molecule has 0 spiro atoms. The molecule has 0 aromatic heterocycles. The second kappa shape index (κ2) is 5.21. The summed E-state index contributed by atoms with van der Waals surface area (Å²) >= 11 is 0. The van der Waals surface area contributed by atoms with Crippen LogP contribution in [0.3, 0.4) is 0 Å². The largest absolute Gasteiger partial charge is 0.329 e. The molecule has 4 heteroatoms. The van der Waals surface area contributed by atoms with E-state index < -0.39 is 0 Å². The minimum absolute atomic E-state index is 0.0193. The average Bonchev–Trinajstić information content (AvgIpc) is 2.73. The molecule has 1 aromatic rings. The third kappa shape index (κ3) is 2.89. The van der Waals surface area contributed by atoms with Crippen LogP contribution in [0.25, 0.3) is 0 Å². The second-order valence-electron chi connectivity index (χ2n) is 5.87. The number of nitrogens with zero attached hydrogens (tertiary/aromatic N) is 1. The number of nitrogens with one attached hydrogen (secondary N) is 2. The highest BCUT2D eigenvalue weighted by atomic mass is 16.2. The summed E-state index contributed by atoms with van der Waals surface area (Å²) in [6, 6.07) is 8.46. The van der Waals surface area contributed by atoms with Gasteiger partial charge in [0.05, 0.1) is 11.6 Å². The van der Waals surface area contributed by atoms with Crippen LogP contribution in [0.1, 0.15) is 31.0 Å². The molecule has 0 saturated carbocycles. The Balaban J connectivity index is 2.13. The first kappa shape index (κ1) is 13.9. The quantitative estimate of drug-likeness (QED) is 0.871. The number of amides is 2. The number of rotatable bonds is 4. The maximum absolute atomic E-state index is 12.1. The minimum Gasteiger partial charge on any atom is -0.329 e. The Morgan fingerprint density at radius 1 is 1.37 bits per heavy atom. The molecule has 0 bridgehead atoms. The van der Waals surface area contributed by atoms with Crippen LogP contribution in [0.4, 0.5) is 4.79 Å². The summed E-state index contributed by atoms with van der Waals surface area (Å²) in [5.41, 5.74) is 2.22. The Kier molecular flexibility index (Phi) is 3.80. The molecule has 104 valence electrons. The van der Waals surface area contributed by atoms with Gasteiger partial charge in [-0.2, -0.15) is 0 Å². The molecule has 1 heterocycles. The number of hydrogen-bond donors (Lipinski definition) is 2. The van der Waals surface area contributed by atoms with Crippen molar-refractivity contribution in [3.8, 4) is 0 Å². The van der Waals surface area contributed by atoms with Gasteiger partial charge in [-0.15, -0.1) is 0 Å². The molecule has 19 heavy (non-hydrogen) atoms. The van der Waals surface area contributed by atoms with E-state index in [0.29, 0.717) is 0 Å². The molecule has 4 nitrogen and oxygen atoms in total. The van der Waals surface area contributed by atoms with E-state index in [9.17, 15) is 4.79 Å². The van der Waals surface area contributed by atoms with Crippen molar-refractivity contribution in [2.45, 2.75) is 32.4 Å². The van der Waals surface area contributed by atoms with Crippen LogP contribution in [0.15, 0.2) is 24.3 Å². The molecular weight excluding hydrogens is 238 g/mol. The van der Waals surface area contributed by atoms with E-state index in [1.54, 1.807) is 0 Å². The predicted molar refractivity (Wildman–Crippen MR) is 77.2 cm³/mol. The van der Waals surface area contributed by atoms with Crippen molar-refractivity contribution in [2.75, 3.05) is 20.1 Å². The topological polar surface area (TPSA) is 44.4 Å². The molecule has 1 saturated heterocycles. The van der Waals surface area contributed by atoms with Crippen LogP contribution in [-0.4, -0.2) is 36.6 Å². The van der Waals surface area contributed by atoms with E-state index in [1.807, 2.05) is 11.9 Å². The smallest absolute Gasteiger partial charge is 0.318 e. The van der Waals surface area contributed by atoms with Gasteiger partial charge in [0.2, 0.25) is 0 Å². The molecular formula is C15H23N3O. The lowest BCUT2D eigenvalue weighted by atomic mass is 10.0. The standard InChI is InChI=1S/C15H23N3O/c1-11-5-7-12(8-6-11)13-9-18(14(19)17-13)15(2,3)10-16-4/h5-8,13,16H,9-10H2,1-4H3,(H,17,19). The highest BCUT2D eigenvalue weighted by Crippen LogP contribution is 2.26. The van der Waals surface area contributed by atoms with Crippen molar-refractivity contribution in [2.24, 2.45) is 0 Å². The molecule has 1 aromatic carbocycles. The van der Waals surface area contributed by atoms with Gasteiger partial charge < -0.3 is 15.5 Å². The van der Waals surface area contributed by atoms with Crippen molar-refractivity contribution in [1.82, 2.24) is 15.5 Å². The number of likely N-dealkylation sites (N-methyl/N-ethyl adjacent to an activating group) is 1. The number of carbonyl (C=O) groups is 1. The van der Waals surface area contributed by atoms with E-state index in [1.165, 1.54) is 11.1 Å². The summed E-state index contributed by atoms with van der Waals surface area (Å²) in [4.78, 5) is 14.0. The fraction of sp³-hybridized carbons (Fsp3) is 0.533. The first-order valence-corrected chi connectivity index (χ1v) is 6.73. The van der Waals surface area contributed by atoms with Crippen LogP contribution in [0.5, 0.6) is 0 Å². The Hall–Kier alpha value is -1.55. The molecule has 2 N–H and O–H groups in total. The molecule has 1 unspecified atom stereocenters. The normalized spacial score (nSPS) is 19.7. The van der Waals surface area contributed by atoms with Crippen LogP contribution in [-0.2, 0) is 0 Å². The summed E-state index contributed by atoms with van der Waals surface area (Å²) < 4.78 is 0. The number of urea groups is 1. The lowest BCUT2D eigenvalue weighted by Crippen LogP contribution is -2.51. The first-order valence-electron chi connectivity index (χ1n) is 6.73. The van der Waals surface area contributed by atoms with Gasteiger partial charge in [-0.05, 0) is 33.4 Å². The minimum atomic E-state index is -0.182. The Labute approximate surface area is 115 Å². The molecule has 1 aliphatic rings. The lowest BCUT2D eigenvalue weighted by molar-refractivity contribution is 0.158. The van der Waals surface area contributed by atoms with Crippen molar-refractivity contribution in [1.29, 1.82) is 0 Å². The fourth-order valence-corrected chi connectivity index (χ4v) is 2.58. The van der Waals surface area contributed by atoms with Gasteiger partial charge in [-0.3, -0.25) is 0 Å². The molecule has 1 aliphatic heterocycles. The van der Waals surface area contributed by atoms with Crippen molar-refractivity contribution >= 4 is 6.03 Å². The Bertz CT molecular complexity index is 453. The molecule has 2 rings (SSSR count). The van der Waals surface area contributed by atoms with Crippen molar-refractivity contribution in [3.05, 3.63) is 35.4 Å². The summed E-state index contributed by atoms with van der Waals surface area (Å²) in [7, 11) is 1.91. The second-order valence-corrected chi connectivity index (χ2v) is 5.87. The highest BCUT2D eigenvalue weighted by molar-refractivity contribution is 5.78. The molecule has 1 fully saturated rings. The zero-order chi connectivity index (χ0) is 14.0. The van der Waals surface area contributed by atoms with Gasteiger partial charge in [0.15, 0.2) is 0 Å². The molecule has 0 radical (unpaired) electrons. The van der Waals surface area contributed by atoms with Crippen molar-refractivity contribution < 1.29 is 4.79 Å². The van der Waals surface area contributed by atoms with Crippen molar-refractivity contribution in [3.63, 3.8) is 0 Å². The maximum atomic E-state index is 12.1. The van der Waals surface area contributed by atoms with Gasteiger partial charge in [-0.25, -0.2) is 4.79 Å². The summed E-state index contributed by atoms with van der Waals surface area (Å²) in [5.74, 6) is 0. The van der Waals surface area contributed by atoms with Crippen LogP contribution in [0, 0.1) is 6.92 Å². The van der Waals surface area contributed by atoms with Gasteiger partial charge >= 0.3 is 6.03 Å². The fourth-order valence-electron chi connectivity index (χ4n) is 2.58. The van der Waals surface area contributed by atoms with E-state index in [-0.39, 0.29) is 17.6 Å².